The van der Waals surface area contributed by atoms with Gasteiger partial charge in [-0.1, -0.05) is 6.07 Å². The molecule has 2 rings (SSSR count). The van der Waals surface area contributed by atoms with Gasteiger partial charge < -0.3 is 16.2 Å². The number of aryl methyl sites for hydroxylation is 1. The van der Waals surface area contributed by atoms with E-state index < -0.39 is 0 Å². The average molecular weight is 234 g/mol. The van der Waals surface area contributed by atoms with Crippen molar-refractivity contribution in [3.63, 3.8) is 0 Å². The summed E-state index contributed by atoms with van der Waals surface area (Å²) in [6, 6.07) is 5.26. The van der Waals surface area contributed by atoms with E-state index in [1.165, 1.54) is 6.07 Å². The van der Waals surface area contributed by atoms with Gasteiger partial charge in [0.05, 0.1) is 0 Å². The van der Waals surface area contributed by atoms with Crippen molar-refractivity contribution in [2.24, 2.45) is 11.7 Å². The molecule has 0 saturated heterocycles. The second kappa shape index (κ2) is 4.75. The Morgan fingerprint density at radius 2 is 2.24 bits per heavy atom. The van der Waals surface area contributed by atoms with E-state index in [0.29, 0.717) is 24.1 Å². The molecule has 1 aliphatic rings. The van der Waals surface area contributed by atoms with Crippen LogP contribution in [0.25, 0.3) is 0 Å². The van der Waals surface area contributed by atoms with Gasteiger partial charge in [0, 0.05) is 18.2 Å². The molecule has 1 aliphatic carbocycles. The van der Waals surface area contributed by atoms with Gasteiger partial charge in [-0.2, -0.15) is 0 Å². The average Bonchev–Trinajstić information content (AvgIpc) is 2.26. The third-order valence-electron chi connectivity index (χ3n) is 3.29. The van der Waals surface area contributed by atoms with Crippen molar-refractivity contribution in [3.8, 4) is 5.75 Å². The van der Waals surface area contributed by atoms with Crippen LogP contribution in [0.2, 0.25) is 0 Å². The first-order valence-corrected chi connectivity index (χ1v) is 5.89. The van der Waals surface area contributed by atoms with Gasteiger partial charge in [-0.05, 0) is 43.4 Å². The molecule has 4 N–H and O–H groups in total. The largest absolute Gasteiger partial charge is 0.508 e. The lowest BCUT2D eigenvalue weighted by molar-refractivity contribution is 0.0935. The van der Waals surface area contributed by atoms with Crippen molar-refractivity contribution >= 4 is 5.91 Å². The van der Waals surface area contributed by atoms with Gasteiger partial charge in [0.1, 0.15) is 5.75 Å². The van der Waals surface area contributed by atoms with Crippen LogP contribution in [-0.2, 0) is 0 Å². The van der Waals surface area contributed by atoms with Gasteiger partial charge in [0.25, 0.3) is 5.91 Å². The summed E-state index contributed by atoms with van der Waals surface area (Å²) in [5.74, 6) is 0.525. The molecular weight excluding hydrogens is 216 g/mol. The maximum Gasteiger partial charge on any atom is 0.251 e. The summed E-state index contributed by atoms with van der Waals surface area (Å²) in [4.78, 5) is 11.8. The Labute approximate surface area is 101 Å². The van der Waals surface area contributed by atoms with Gasteiger partial charge in [0.2, 0.25) is 0 Å². The second-order valence-corrected chi connectivity index (χ2v) is 4.81. The highest BCUT2D eigenvalue weighted by molar-refractivity contribution is 5.94. The monoisotopic (exact) mass is 234 g/mol. The quantitative estimate of drug-likeness (QED) is 0.734. The Bertz CT molecular complexity index is 425. The van der Waals surface area contributed by atoms with Crippen LogP contribution in [0.3, 0.4) is 0 Å². The van der Waals surface area contributed by atoms with E-state index in [9.17, 15) is 9.90 Å². The minimum absolute atomic E-state index is 0.138. The third kappa shape index (κ3) is 2.77. The van der Waals surface area contributed by atoms with E-state index in [2.05, 4.69) is 5.32 Å². The Morgan fingerprint density at radius 3 is 2.82 bits per heavy atom. The van der Waals surface area contributed by atoms with Gasteiger partial charge in [-0.25, -0.2) is 0 Å². The lowest BCUT2D eigenvalue weighted by Crippen LogP contribution is -2.42. The molecule has 1 aromatic carbocycles. The molecule has 0 aromatic heterocycles. The summed E-state index contributed by atoms with van der Waals surface area (Å²) in [7, 11) is 0. The molecule has 0 unspecified atom stereocenters. The fourth-order valence-electron chi connectivity index (χ4n) is 2.04. The molecular formula is C13H18N2O2. The Morgan fingerprint density at radius 1 is 1.53 bits per heavy atom. The van der Waals surface area contributed by atoms with E-state index in [0.717, 1.165) is 18.4 Å². The summed E-state index contributed by atoms with van der Waals surface area (Å²) < 4.78 is 0. The first-order valence-electron chi connectivity index (χ1n) is 5.89. The number of amides is 1. The summed E-state index contributed by atoms with van der Waals surface area (Å²) in [5, 5.41) is 12.4. The zero-order chi connectivity index (χ0) is 12.4. The van der Waals surface area contributed by atoms with Crippen molar-refractivity contribution in [2.45, 2.75) is 25.8 Å². The van der Waals surface area contributed by atoms with Crippen molar-refractivity contribution < 1.29 is 9.90 Å². The van der Waals surface area contributed by atoms with E-state index in [4.69, 9.17) is 5.73 Å². The van der Waals surface area contributed by atoms with Gasteiger partial charge in [0.15, 0.2) is 0 Å². The van der Waals surface area contributed by atoms with Gasteiger partial charge in [-0.15, -0.1) is 0 Å². The second-order valence-electron chi connectivity index (χ2n) is 4.81. The van der Waals surface area contributed by atoms with Gasteiger partial charge >= 0.3 is 0 Å². The molecule has 0 aliphatic heterocycles. The van der Waals surface area contributed by atoms with E-state index in [1.54, 1.807) is 19.1 Å². The Balaban J connectivity index is 1.88. The fourth-order valence-corrected chi connectivity index (χ4v) is 2.04. The Kier molecular flexibility index (Phi) is 3.33. The highest BCUT2D eigenvalue weighted by Gasteiger charge is 2.25. The number of nitrogens with one attached hydrogen (secondary N) is 1. The van der Waals surface area contributed by atoms with Gasteiger partial charge in [-0.3, -0.25) is 4.79 Å². The number of hydrogen-bond acceptors (Lipinski definition) is 3. The molecule has 0 bridgehead atoms. The van der Waals surface area contributed by atoms with Crippen LogP contribution in [0.4, 0.5) is 0 Å². The molecule has 4 heteroatoms. The number of hydrogen-bond donors (Lipinski definition) is 3. The number of carbonyl (C=O) groups is 1. The SMILES string of the molecule is Cc1ccc(C(=O)NCC2CC(N)C2)cc1O. The molecule has 4 nitrogen and oxygen atoms in total. The normalized spacial score (nSPS) is 22.9. The van der Waals surface area contributed by atoms with Crippen molar-refractivity contribution in [1.82, 2.24) is 5.32 Å². The molecule has 1 amide bonds. The van der Waals surface area contributed by atoms with E-state index in [-0.39, 0.29) is 11.7 Å². The van der Waals surface area contributed by atoms with Crippen LogP contribution < -0.4 is 11.1 Å². The number of benzene rings is 1. The van der Waals surface area contributed by atoms with Crippen LogP contribution in [0.1, 0.15) is 28.8 Å². The van der Waals surface area contributed by atoms with Crippen LogP contribution >= 0.6 is 0 Å². The minimum Gasteiger partial charge on any atom is -0.508 e. The topological polar surface area (TPSA) is 75.4 Å². The first kappa shape index (κ1) is 11.9. The molecule has 1 aromatic rings. The zero-order valence-electron chi connectivity index (χ0n) is 9.94. The zero-order valence-corrected chi connectivity index (χ0v) is 9.94. The summed E-state index contributed by atoms with van der Waals surface area (Å²) in [6.45, 7) is 2.47. The summed E-state index contributed by atoms with van der Waals surface area (Å²) in [5.41, 5.74) is 6.94. The fraction of sp³-hybridized carbons (Fsp3) is 0.462. The number of phenolic OH excluding ortho intramolecular Hbond substituents is 1. The maximum atomic E-state index is 11.8. The van der Waals surface area contributed by atoms with Crippen molar-refractivity contribution in [2.75, 3.05) is 6.54 Å². The number of aromatic hydroxyl groups is 1. The molecule has 17 heavy (non-hydrogen) atoms. The maximum absolute atomic E-state index is 11.8. The van der Waals surface area contributed by atoms with Crippen LogP contribution in [0.15, 0.2) is 18.2 Å². The molecule has 1 saturated carbocycles. The molecule has 92 valence electrons. The van der Waals surface area contributed by atoms with Crippen LogP contribution in [0.5, 0.6) is 5.75 Å². The summed E-state index contributed by atoms with van der Waals surface area (Å²) in [6.07, 6.45) is 1.97. The number of rotatable bonds is 3. The lowest BCUT2D eigenvalue weighted by Gasteiger charge is -2.32. The number of carbonyl (C=O) groups excluding carboxylic acids is 1. The van der Waals surface area contributed by atoms with Crippen molar-refractivity contribution in [3.05, 3.63) is 29.3 Å². The molecule has 0 spiro atoms. The standard InChI is InChI=1S/C13H18N2O2/c1-8-2-3-10(6-12(8)16)13(17)15-7-9-4-11(14)5-9/h2-3,6,9,11,16H,4-5,7,14H2,1H3,(H,15,17). The predicted octanol–water partition coefficient (Wildman–Crippen LogP) is 1.17. The molecule has 1 fully saturated rings. The number of nitrogens with two attached hydrogens (primary N) is 1. The van der Waals surface area contributed by atoms with E-state index >= 15 is 0 Å². The molecule has 0 heterocycles. The summed E-state index contributed by atoms with van der Waals surface area (Å²) >= 11 is 0. The lowest BCUT2D eigenvalue weighted by atomic mass is 9.81. The smallest absolute Gasteiger partial charge is 0.251 e. The molecule has 0 atom stereocenters. The first-order chi connectivity index (χ1) is 8.06. The highest BCUT2D eigenvalue weighted by Crippen LogP contribution is 2.24. The van der Waals surface area contributed by atoms with E-state index in [1.807, 2.05) is 0 Å². The highest BCUT2D eigenvalue weighted by atomic mass is 16.3. The van der Waals surface area contributed by atoms with Crippen molar-refractivity contribution in [1.29, 1.82) is 0 Å². The predicted molar refractivity (Wildman–Crippen MR) is 65.9 cm³/mol. The minimum atomic E-state index is -0.138. The number of phenols is 1. The molecule has 0 radical (unpaired) electrons. The Hall–Kier alpha value is -1.55. The van der Waals surface area contributed by atoms with Crippen LogP contribution in [0, 0.1) is 12.8 Å². The third-order valence-corrected chi connectivity index (χ3v) is 3.29. The van der Waals surface area contributed by atoms with Crippen LogP contribution in [-0.4, -0.2) is 23.6 Å².